The van der Waals surface area contributed by atoms with Crippen molar-refractivity contribution < 1.29 is 4.42 Å². The average molecular weight is 600 g/mol. The van der Waals surface area contributed by atoms with Crippen LogP contribution < -0.4 is 0 Å². The first-order valence-electron chi connectivity index (χ1n) is 15.7. The number of rotatable bonds is 3. The smallest absolute Gasteiger partial charge is 0.160 e. The minimum Gasteiger partial charge on any atom is -0.454 e. The van der Waals surface area contributed by atoms with Gasteiger partial charge in [0.2, 0.25) is 0 Å². The van der Waals surface area contributed by atoms with E-state index in [9.17, 15) is 5.26 Å². The minimum absolute atomic E-state index is 0.632. The quantitative estimate of drug-likeness (QED) is 0.203. The zero-order chi connectivity index (χ0) is 31.1. The monoisotopic (exact) mass is 599 g/mol. The average Bonchev–Trinajstić information content (AvgIpc) is 3.79. The van der Waals surface area contributed by atoms with Gasteiger partial charge in [0.05, 0.1) is 33.7 Å². The van der Waals surface area contributed by atoms with E-state index in [1.54, 1.807) is 0 Å². The number of hydrogen-bond donors (Lipinski definition) is 0. The summed E-state index contributed by atoms with van der Waals surface area (Å²) < 4.78 is 11.4. The summed E-state index contributed by atoms with van der Waals surface area (Å²) in [4.78, 5) is 0. The van der Waals surface area contributed by atoms with Crippen LogP contribution >= 0.6 is 0 Å². The Hall–Kier alpha value is -6.57. The molecule has 0 spiro atoms. The Kier molecular flexibility index (Phi) is 5.32. The second-order valence-electron chi connectivity index (χ2n) is 12.1. The van der Waals surface area contributed by atoms with Crippen molar-refractivity contribution in [2.45, 2.75) is 0 Å². The van der Waals surface area contributed by atoms with E-state index in [2.05, 4.69) is 137 Å². The van der Waals surface area contributed by atoms with Gasteiger partial charge >= 0.3 is 0 Å². The maximum absolute atomic E-state index is 9.78. The standard InChI is InChI=1S/C43H25N3O/c44-26-27-10-9-11-28(22-27)29-23-30(45-38-16-5-1-12-32(38)33-13-2-6-17-39(33)45)25-31(24-29)46-40-18-7-3-14-34(40)36-20-21-37-35-15-4-8-19-41(35)47-43(37)42(36)46/h1-25H. The molecule has 0 aliphatic heterocycles. The normalized spacial score (nSPS) is 11.8. The third-order valence-electron chi connectivity index (χ3n) is 9.50. The number of nitrogens with zero attached hydrogens (tertiary/aromatic N) is 3. The zero-order valence-corrected chi connectivity index (χ0v) is 25.2. The zero-order valence-electron chi connectivity index (χ0n) is 25.2. The molecule has 0 N–H and O–H groups in total. The second-order valence-corrected chi connectivity index (χ2v) is 12.1. The maximum atomic E-state index is 9.78. The number of aromatic nitrogens is 2. The Morgan fingerprint density at radius 2 is 1.02 bits per heavy atom. The minimum atomic E-state index is 0.632. The topological polar surface area (TPSA) is 46.8 Å². The molecule has 0 radical (unpaired) electrons. The van der Waals surface area contributed by atoms with Gasteiger partial charge in [-0.05, 0) is 71.8 Å². The number of fused-ring (bicyclic) bond motifs is 10. The Morgan fingerprint density at radius 3 is 1.72 bits per heavy atom. The second kappa shape index (κ2) is 9.71. The van der Waals surface area contributed by atoms with Gasteiger partial charge in [-0.3, -0.25) is 0 Å². The summed E-state index contributed by atoms with van der Waals surface area (Å²) in [7, 11) is 0. The van der Waals surface area contributed by atoms with E-state index in [0.29, 0.717) is 5.56 Å². The first kappa shape index (κ1) is 25.7. The summed E-state index contributed by atoms with van der Waals surface area (Å²) in [6.07, 6.45) is 0. The lowest BCUT2D eigenvalue weighted by molar-refractivity contribution is 0.671. The molecule has 0 saturated heterocycles. The van der Waals surface area contributed by atoms with Gasteiger partial charge in [-0.25, -0.2) is 0 Å². The van der Waals surface area contributed by atoms with E-state index < -0.39 is 0 Å². The molecule has 0 atom stereocenters. The Labute approximate surface area is 269 Å². The molecule has 10 rings (SSSR count). The molecule has 4 nitrogen and oxygen atoms in total. The van der Waals surface area contributed by atoms with E-state index in [1.807, 2.05) is 30.3 Å². The lowest BCUT2D eigenvalue weighted by atomic mass is 10.0. The van der Waals surface area contributed by atoms with Crippen LogP contribution in [-0.2, 0) is 0 Å². The predicted octanol–water partition coefficient (Wildman–Crippen LogP) is 11.3. The van der Waals surface area contributed by atoms with Crippen LogP contribution in [0.2, 0.25) is 0 Å². The van der Waals surface area contributed by atoms with E-state index in [4.69, 9.17) is 4.42 Å². The van der Waals surface area contributed by atoms with Gasteiger partial charge < -0.3 is 13.6 Å². The predicted molar refractivity (Wildman–Crippen MR) is 193 cm³/mol. The van der Waals surface area contributed by atoms with Crippen molar-refractivity contribution in [1.29, 1.82) is 5.26 Å². The first-order chi connectivity index (χ1) is 23.3. The molecule has 7 aromatic carbocycles. The van der Waals surface area contributed by atoms with Gasteiger partial charge in [-0.1, -0.05) is 91.0 Å². The van der Waals surface area contributed by atoms with Crippen LogP contribution in [0.5, 0.6) is 0 Å². The van der Waals surface area contributed by atoms with Crippen LogP contribution in [0, 0.1) is 11.3 Å². The SMILES string of the molecule is N#Cc1cccc(-c2cc(-n3c4ccccc4c4ccccc43)cc(-n3c4ccccc4c4ccc5c6ccccc6oc5c43)c2)c1. The van der Waals surface area contributed by atoms with Gasteiger partial charge in [-0.15, -0.1) is 0 Å². The van der Waals surface area contributed by atoms with Crippen molar-refractivity contribution in [3.63, 3.8) is 0 Å². The molecule has 3 aromatic heterocycles. The molecule has 0 saturated carbocycles. The molecular formula is C43H25N3O. The summed E-state index contributed by atoms with van der Waals surface area (Å²) >= 11 is 0. The van der Waals surface area contributed by atoms with E-state index in [1.165, 1.54) is 16.2 Å². The van der Waals surface area contributed by atoms with Crippen LogP contribution in [0.15, 0.2) is 156 Å². The van der Waals surface area contributed by atoms with Gasteiger partial charge in [0.1, 0.15) is 5.58 Å². The van der Waals surface area contributed by atoms with Crippen LogP contribution in [0.3, 0.4) is 0 Å². The van der Waals surface area contributed by atoms with Gasteiger partial charge in [0.15, 0.2) is 5.58 Å². The fraction of sp³-hybridized carbons (Fsp3) is 0. The van der Waals surface area contributed by atoms with E-state index in [-0.39, 0.29) is 0 Å². The fourth-order valence-corrected chi connectivity index (χ4v) is 7.49. The molecule has 218 valence electrons. The van der Waals surface area contributed by atoms with Crippen LogP contribution in [-0.4, -0.2) is 9.13 Å². The molecule has 3 heterocycles. The van der Waals surface area contributed by atoms with Crippen LogP contribution in [0.1, 0.15) is 5.56 Å². The molecule has 0 amide bonds. The van der Waals surface area contributed by atoms with Crippen molar-refractivity contribution in [1.82, 2.24) is 9.13 Å². The summed E-state index contributed by atoms with van der Waals surface area (Å²) in [5.74, 6) is 0. The van der Waals surface area contributed by atoms with Crippen molar-refractivity contribution in [3.8, 4) is 28.6 Å². The summed E-state index contributed by atoms with van der Waals surface area (Å²) in [5, 5.41) is 16.7. The maximum Gasteiger partial charge on any atom is 0.160 e. The van der Waals surface area contributed by atoms with Crippen molar-refractivity contribution in [3.05, 3.63) is 157 Å². The highest BCUT2D eigenvalue weighted by Crippen LogP contribution is 2.42. The number of furan rings is 1. The summed E-state index contributed by atoms with van der Waals surface area (Å²) in [6.45, 7) is 0. The first-order valence-corrected chi connectivity index (χ1v) is 15.7. The number of para-hydroxylation sites is 4. The molecule has 0 aliphatic rings. The third kappa shape index (κ3) is 3.69. The van der Waals surface area contributed by atoms with Crippen molar-refractivity contribution in [2.24, 2.45) is 0 Å². The third-order valence-corrected chi connectivity index (χ3v) is 9.50. The molecule has 0 aliphatic carbocycles. The summed E-state index contributed by atoms with van der Waals surface area (Å²) in [6, 6.07) is 55.4. The highest BCUT2D eigenvalue weighted by atomic mass is 16.3. The Morgan fingerprint density at radius 1 is 0.447 bits per heavy atom. The molecule has 0 unspecified atom stereocenters. The lowest BCUT2D eigenvalue weighted by Crippen LogP contribution is -2.00. The van der Waals surface area contributed by atoms with Crippen LogP contribution in [0.25, 0.3) is 88.1 Å². The van der Waals surface area contributed by atoms with Gasteiger partial charge in [0.25, 0.3) is 0 Å². The number of benzene rings is 7. The molecule has 10 aromatic rings. The number of nitriles is 1. The lowest BCUT2D eigenvalue weighted by Gasteiger charge is -2.16. The van der Waals surface area contributed by atoms with Gasteiger partial charge in [0, 0.05) is 43.7 Å². The Bertz CT molecular complexity index is 2880. The number of hydrogen-bond acceptors (Lipinski definition) is 2. The molecule has 47 heavy (non-hydrogen) atoms. The molecule has 0 fully saturated rings. The van der Waals surface area contributed by atoms with Crippen molar-refractivity contribution >= 4 is 65.6 Å². The van der Waals surface area contributed by atoms with E-state index >= 15 is 0 Å². The highest BCUT2D eigenvalue weighted by molar-refractivity contribution is 6.21. The molecule has 4 heteroatoms. The fourth-order valence-electron chi connectivity index (χ4n) is 7.49. The van der Waals surface area contributed by atoms with Crippen LogP contribution in [0.4, 0.5) is 0 Å². The Balaban J connectivity index is 1.37. The van der Waals surface area contributed by atoms with E-state index in [0.717, 1.165) is 71.9 Å². The highest BCUT2D eigenvalue weighted by Gasteiger charge is 2.21. The summed E-state index contributed by atoms with van der Waals surface area (Å²) in [5.41, 5.74) is 10.9. The molecular weight excluding hydrogens is 574 g/mol. The molecule has 0 bridgehead atoms. The van der Waals surface area contributed by atoms with Gasteiger partial charge in [-0.2, -0.15) is 5.26 Å². The van der Waals surface area contributed by atoms with Crippen molar-refractivity contribution in [2.75, 3.05) is 0 Å². The largest absolute Gasteiger partial charge is 0.454 e.